The van der Waals surface area contributed by atoms with Crippen LogP contribution >= 0.6 is 0 Å². The van der Waals surface area contributed by atoms with Gasteiger partial charge < -0.3 is 0 Å². The third-order valence-corrected chi connectivity index (χ3v) is 7.98. The van der Waals surface area contributed by atoms with Gasteiger partial charge in [-0.2, -0.15) is 0 Å². The molecule has 0 nitrogen and oxygen atoms in total. The smallest absolute Gasteiger partial charge is 0.0207 e. The Morgan fingerprint density at radius 2 is 1.13 bits per heavy atom. The van der Waals surface area contributed by atoms with Crippen LogP contribution in [0.5, 0.6) is 0 Å². The first-order chi connectivity index (χ1) is 21.2. The zero-order valence-electron chi connectivity index (χ0n) is 31.7. The molecule has 246 valence electrons. The Hall–Kier alpha value is -3.12. The van der Waals surface area contributed by atoms with E-state index in [2.05, 4.69) is 166 Å². The number of fused-ring (bicyclic) bond motifs is 3. The predicted octanol–water partition coefficient (Wildman–Crippen LogP) is 13.9. The fourth-order valence-electron chi connectivity index (χ4n) is 5.21. The van der Waals surface area contributed by atoms with Gasteiger partial charge in [0.1, 0.15) is 0 Å². The minimum atomic E-state index is 0.269. The number of benzene rings is 1. The molecule has 0 saturated carbocycles. The molecule has 0 amide bonds. The van der Waals surface area contributed by atoms with E-state index in [1.54, 1.807) is 0 Å². The molecule has 2 atom stereocenters. The van der Waals surface area contributed by atoms with E-state index in [0.717, 1.165) is 6.42 Å². The maximum atomic E-state index is 2.37. The van der Waals surface area contributed by atoms with E-state index in [1.807, 2.05) is 41.5 Å². The fraction of sp³-hybridized carbons (Fsp3) is 0.467. The lowest BCUT2D eigenvalue weighted by Gasteiger charge is -2.25. The molecule has 6 rings (SSSR count). The first-order valence-electron chi connectivity index (χ1n) is 17.6. The Morgan fingerprint density at radius 1 is 0.556 bits per heavy atom. The monoisotopic (exact) mass is 607 g/mol. The summed E-state index contributed by atoms with van der Waals surface area (Å²) in [5, 5.41) is 0. The summed E-state index contributed by atoms with van der Waals surface area (Å²) >= 11 is 0. The van der Waals surface area contributed by atoms with Crippen molar-refractivity contribution in [2.24, 2.45) is 22.7 Å². The van der Waals surface area contributed by atoms with Crippen LogP contribution in [0.3, 0.4) is 0 Å². The summed E-state index contributed by atoms with van der Waals surface area (Å²) in [6.07, 6.45) is 32.5. The van der Waals surface area contributed by atoms with Crippen molar-refractivity contribution < 1.29 is 0 Å². The molecule has 1 aromatic carbocycles. The molecule has 45 heavy (non-hydrogen) atoms. The van der Waals surface area contributed by atoms with Crippen LogP contribution in [0.15, 0.2) is 119 Å². The van der Waals surface area contributed by atoms with Crippen LogP contribution in [0.1, 0.15) is 121 Å². The van der Waals surface area contributed by atoms with Gasteiger partial charge in [0, 0.05) is 11.8 Å². The normalized spacial score (nSPS) is 19.4. The van der Waals surface area contributed by atoms with Crippen LogP contribution in [-0.2, 0) is 11.8 Å². The maximum Gasteiger partial charge on any atom is 0.0207 e. The van der Waals surface area contributed by atoms with Crippen molar-refractivity contribution in [1.82, 2.24) is 0 Å². The third-order valence-electron chi connectivity index (χ3n) is 7.98. The van der Waals surface area contributed by atoms with Gasteiger partial charge in [0.15, 0.2) is 0 Å². The Bertz CT molecular complexity index is 1350. The van der Waals surface area contributed by atoms with E-state index in [0.29, 0.717) is 11.8 Å². The summed E-state index contributed by atoms with van der Waals surface area (Å²) in [5.74, 6) is 1.09. The van der Waals surface area contributed by atoms with Crippen LogP contribution in [0.2, 0.25) is 0 Å². The predicted molar refractivity (Wildman–Crippen MR) is 207 cm³/mol. The van der Waals surface area contributed by atoms with E-state index in [4.69, 9.17) is 0 Å². The van der Waals surface area contributed by atoms with Crippen LogP contribution in [-0.4, -0.2) is 0 Å². The van der Waals surface area contributed by atoms with Gasteiger partial charge in [0.2, 0.25) is 0 Å². The Labute approximate surface area is 279 Å². The number of allylic oxidation sites excluding steroid dienone is 17. The van der Waals surface area contributed by atoms with Gasteiger partial charge in [-0.3, -0.25) is 0 Å². The van der Waals surface area contributed by atoms with Crippen molar-refractivity contribution in [3.8, 4) is 0 Å². The summed E-state index contributed by atoms with van der Waals surface area (Å²) < 4.78 is 0. The molecule has 2 unspecified atom stereocenters. The molecule has 5 aliphatic carbocycles. The standard InChI is InChI=1S/3C13H16.3C2H6/c3*1-13(2,3)12-8-7-10-5-4-6-11(10)9-12;3*1-2/h4,6-9H,5H2,1-3H3;4-9,11H,1-3H3;4-10H,1-3H3;3*1-2H3. The second-order valence-corrected chi connectivity index (χ2v) is 14.3. The van der Waals surface area contributed by atoms with Gasteiger partial charge in [-0.05, 0) is 61.6 Å². The summed E-state index contributed by atoms with van der Waals surface area (Å²) in [6.45, 7) is 32.3. The number of rotatable bonds is 0. The van der Waals surface area contributed by atoms with Crippen molar-refractivity contribution in [3.05, 3.63) is 136 Å². The zero-order valence-corrected chi connectivity index (χ0v) is 31.7. The van der Waals surface area contributed by atoms with Gasteiger partial charge in [0.25, 0.3) is 0 Å². The lowest BCUT2D eigenvalue weighted by Crippen LogP contribution is -2.11. The lowest BCUT2D eigenvalue weighted by molar-refractivity contribution is 0.512. The van der Waals surface area contributed by atoms with Gasteiger partial charge in [-0.15, -0.1) is 0 Å². The largest absolute Gasteiger partial charge is 0.0795 e. The summed E-state index contributed by atoms with van der Waals surface area (Å²) in [7, 11) is 0. The minimum absolute atomic E-state index is 0.269. The first kappa shape index (κ1) is 39.9. The first-order valence-corrected chi connectivity index (χ1v) is 17.6. The van der Waals surface area contributed by atoms with Crippen LogP contribution in [0.25, 0.3) is 6.08 Å². The molecule has 0 fully saturated rings. The van der Waals surface area contributed by atoms with Crippen LogP contribution < -0.4 is 0 Å². The number of hydrogen-bond donors (Lipinski definition) is 0. The average molecular weight is 607 g/mol. The molecular formula is C45H66. The van der Waals surface area contributed by atoms with Gasteiger partial charge >= 0.3 is 0 Å². The summed E-state index contributed by atoms with van der Waals surface area (Å²) in [5.41, 5.74) is 10.9. The second kappa shape index (κ2) is 18.1. The minimum Gasteiger partial charge on any atom is -0.0795 e. The molecule has 1 aromatic rings. The Balaban J connectivity index is 0.000000311. The molecule has 0 heterocycles. The molecule has 0 spiro atoms. The summed E-state index contributed by atoms with van der Waals surface area (Å²) in [6, 6.07) is 6.83. The Morgan fingerprint density at radius 3 is 1.71 bits per heavy atom. The van der Waals surface area contributed by atoms with E-state index in [-0.39, 0.29) is 16.2 Å². The van der Waals surface area contributed by atoms with E-state index in [1.165, 1.54) is 39.0 Å². The molecule has 0 radical (unpaired) electrons. The zero-order chi connectivity index (χ0) is 34.4. The van der Waals surface area contributed by atoms with Crippen molar-refractivity contribution >= 4 is 6.08 Å². The maximum absolute atomic E-state index is 2.37. The molecule has 0 aliphatic heterocycles. The topological polar surface area (TPSA) is 0 Å². The highest BCUT2D eigenvalue weighted by atomic mass is 14.3. The summed E-state index contributed by atoms with van der Waals surface area (Å²) in [4.78, 5) is 0. The molecule has 0 saturated heterocycles. The van der Waals surface area contributed by atoms with E-state index >= 15 is 0 Å². The molecule has 0 aromatic heterocycles. The highest BCUT2D eigenvalue weighted by molar-refractivity contribution is 5.61. The van der Waals surface area contributed by atoms with Crippen molar-refractivity contribution in [2.75, 3.05) is 0 Å². The van der Waals surface area contributed by atoms with Gasteiger partial charge in [-0.1, -0.05) is 207 Å². The fourth-order valence-corrected chi connectivity index (χ4v) is 5.21. The highest BCUT2D eigenvalue weighted by Gasteiger charge is 2.22. The second-order valence-electron chi connectivity index (χ2n) is 14.3. The molecule has 0 N–H and O–H groups in total. The Kier molecular flexibility index (Phi) is 16.1. The van der Waals surface area contributed by atoms with Crippen molar-refractivity contribution in [1.29, 1.82) is 0 Å². The SMILES string of the molecule is CC.CC.CC.CC(C)(C)C1=CC2=CC=CC2C=C1.CC(C)(C)C1=CC2C=CC=C2C=C1.CC(C)(C)c1ccc2c(c1)C=CC2. The molecule has 0 bridgehead atoms. The van der Waals surface area contributed by atoms with Crippen molar-refractivity contribution in [3.63, 3.8) is 0 Å². The van der Waals surface area contributed by atoms with Crippen LogP contribution in [0.4, 0.5) is 0 Å². The average Bonchev–Trinajstić information content (AvgIpc) is 3.79. The van der Waals surface area contributed by atoms with E-state index in [9.17, 15) is 0 Å². The van der Waals surface area contributed by atoms with Crippen molar-refractivity contribution in [2.45, 2.75) is 116 Å². The molecule has 0 heteroatoms. The quantitative estimate of drug-likeness (QED) is 0.275. The molecule has 5 aliphatic rings. The third kappa shape index (κ3) is 12.0. The van der Waals surface area contributed by atoms with E-state index < -0.39 is 0 Å². The number of hydrogen-bond acceptors (Lipinski definition) is 0. The lowest BCUT2D eigenvalue weighted by atomic mass is 9.80. The molecular weight excluding hydrogens is 540 g/mol. The highest BCUT2D eigenvalue weighted by Crippen LogP contribution is 2.36. The van der Waals surface area contributed by atoms with Gasteiger partial charge in [0.05, 0.1) is 0 Å². The van der Waals surface area contributed by atoms with Gasteiger partial charge in [-0.25, -0.2) is 0 Å². The van der Waals surface area contributed by atoms with Crippen LogP contribution in [0, 0.1) is 22.7 Å².